The Hall–Kier alpha value is -6.24. The third-order valence-electron chi connectivity index (χ3n) is 28.0. The summed E-state index contributed by atoms with van der Waals surface area (Å²) in [4.78, 5) is 114. The number of hydrogen-bond donors (Lipinski definition) is 2. The summed E-state index contributed by atoms with van der Waals surface area (Å²) < 4.78 is 82.8. The van der Waals surface area contributed by atoms with Gasteiger partial charge in [0.15, 0.2) is 0 Å². The van der Waals surface area contributed by atoms with Gasteiger partial charge in [-0.2, -0.15) is 13.2 Å². The average molecular weight is 1700 g/mol. The van der Waals surface area contributed by atoms with Crippen LogP contribution < -0.4 is 11.1 Å². The van der Waals surface area contributed by atoms with E-state index >= 15 is 0 Å². The van der Waals surface area contributed by atoms with Crippen molar-refractivity contribution < 1.29 is 64.6 Å². The molecule has 14 rings (SSSR count). The number of benzene rings is 1. The second-order valence-electron chi connectivity index (χ2n) is 36.7. The predicted octanol–water partition coefficient (Wildman–Crippen LogP) is 11.6. The number of hydrogen-bond acceptors (Lipinski definition) is 16. The number of nitrogens with one attached hydrogen (secondary N) is 1. The van der Waals surface area contributed by atoms with Crippen molar-refractivity contribution in [2.45, 2.75) is 261 Å². The smallest absolute Gasteiger partial charge is 0.407 e. The van der Waals surface area contributed by atoms with E-state index in [-0.39, 0.29) is 67.2 Å². The van der Waals surface area contributed by atoms with Crippen LogP contribution in [-0.4, -0.2) is 333 Å². The average Bonchev–Trinajstić information content (AvgIpc) is 1.66. The molecule has 0 unspecified atom stereocenters. The molecule has 0 aliphatic carbocycles. The van der Waals surface area contributed by atoms with Crippen LogP contribution in [0.2, 0.25) is 0 Å². The fourth-order valence-electron chi connectivity index (χ4n) is 21.0. The summed E-state index contributed by atoms with van der Waals surface area (Å²) in [6, 6.07) is 16.8. The maximum atomic E-state index is 13.6. The highest BCUT2D eigenvalue weighted by Crippen LogP contribution is 2.41. The van der Waals surface area contributed by atoms with Crippen LogP contribution >= 0.6 is 0 Å². The van der Waals surface area contributed by atoms with Gasteiger partial charge in [-0.25, -0.2) is 18.0 Å². The number of amides is 7. The molecule has 12 aliphatic rings. The maximum Gasteiger partial charge on any atom is 0.407 e. The molecule has 29 heteroatoms. The minimum absolute atomic E-state index is 0.0311. The highest BCUT2D eigenvalue weighted by molar-refractivity contribution is 5.80. The van der Waals surface area contributed by atoms with E-state index < -0.39 is 36.7 Å². The summed E-state index contributed by atoms with van der Waals surface area (Å²) in [5, 5.41) is 2.69. The van der Waals surface area contributed by atoms with E-state index in [9.17, 15) is 59.9 Å². The zero-order chi connectivity index (χ0) is 86.5. The van der Waals surface area contributed by atoms with Gasteiger partial charge in [-0.1, -0.05) is 50.2 Å². The lowest BCUT2D eigenvalue weighted by Gasteiger charge is -2.37. The lowest BCUT2D eigenvalue weighted by atomic mass is 9.87. The number of piperidine rings is 6. The number of nitrogens with two attached hydrogens (primary N) is 1. The van der Waals surface area contributed by atoms with E-state index in [4.69, 9.17) is 10.5 Å². The number of alkyl halides is 6. The monoisotopic (exact) mass is 1690 g/mol. The van der Waals surface area contributed by atoms with Gasteiger partial charge in [-0.15, -0.1) is 0 Å². The molecule has 3 N–H and O–H groups in total. The van der Waals surface area contributed by atoms with Crippen molar-refractivity contribution in [1.82, 2.24) is 69.1 Å². The van der Waals surface area contributed by atoms with Gasteiger partial charge >= 0.3 is 12.3 Å². The SMILES string of the molecule is CCC(=O)N1CC(F)(F)C[C@H]1C1CCN(C)CC1.CCC(=O)N1C[C@@H](F)C[C@H]1C1CCN(C)CC1.CN1CCC([C@@H]2CCCN2C(=O)CC(F)(F)F)CC1.CN1CCC([C@@H]2CCCN2C(=O)CCN)CC1.CN1CCC([C@@H]2CCCN2C(=O)CCNC(=O)OCc2ccccc2)CC1.CN1CCC([C@@H]2CCCN2C(=O)CCc2ccccn2)CC1. The zero-order valence-electron chi connectivity index (χ0n) is 74.0. The normalized spacial score (nSPS) is 26.3. The molecular formula is C91H149F6N15O8. The van der Waals surface area contributed by atoms with Gasteiger partial charge in [0.1, 0.15) is 19.2 Å². The Morgan fingerprint density at radius 1 is 0.450 bits per heavy atom. The van der Waals surface area contributed by atoms with E-state index in [1.165, 1.54) is 100 Å². The molecule has 23 nitrogen and oxygen atoms in total. The summed E-state index contributed by atoms with van der Waals surface area (Å²) >= 11 is 0. The van der Waals surface area contributed by atoms with Gasteiger partial charge in [0.25, 0.3) is 5.92 Å². The molecule has 0 radical (unpaired) electrons. The highest BCUT2D eigenvalue weighted by atomic mass is 19.4. The molecular weight excluding hydrogens is 1550 g/mol. The number of aromatic nitrogens is 1. The minimum atomic E-state index is -4.39. The lowest BCUT2D eigenvalue weighted by molar-refractivity contribution is -0.163. The Morgan fingerprint density at radius 2 is 0.817 bits per heavy atom. The number of nitrogens with zero attached hydrogens (tertiary/aromatic N) is 13. The Morgan fingerprint density at radius 3 is 1.20 bits per heavy atom. The number of aryl methyl sites for hydroxylation is 1. The molecule has 1 aromatic carbocycles. The first-order chi connectivity index (χ1) is 57.5. The summed E-state index contributed by atoms with van der Waals surface area (Å²) in [6.07, 6.45) is 20.2. The van der Waals surface area contributed by atoms with Crippen molar-refractivity contribution in [2.75, 3.05) is 173 Å². The van der Waals surface area contributed by atoms with E-state index in [0.29, 0.717) is 112 Å². The van der Waals surface area contributed by atoms with Crippen LogP contribution in [0.1, 0.15) is 205 Å². The van der Waals surface area contributed by atoms with Gasteiger partial charge in [-0.3, -0.25) is 33.8 Å². The van der Waals surface area contributed by atoms with Crippen LogP contribution in [0.5, 0.6) is 0 Å². The molecule has 7 atom stereocenters. The highest BCUT2D eigenvalue weighted by Gasteiger charge is 2.50. The van der Waals surface area contributed by atoms with Crippen LogP contribution in [0, 0.1) is 35.5 Å². The van der Waals surface area contributed by atoms with Crippen molar-refractivity contribution in [3.8, 4) is 0 Å². The number of pyridine rings is 1. The molecule has 12 aliphatic heterocycles. The minimum Gasteiger partial charge on any atom is -0.445 e. The van der Waals surface area contributed by atoms with Crippen LogP contribution in [-0.2, 0) is 46.5 Å². The van der Waals surface area contributed by atoms with Gasteiger partial charge in [0.2, 0.25) is 35.4 Å². The van der Waals surface area contributed by atoms with Gasteiger partial charge < -0.3 is 74.6 Å². The topological polar surface area (TPSA) is 219 Å². The molecule has 0 spiro atoms. The molecule has 2 aromatic rings. The Labute approximate surface area is 713 Å². The lowest BCUT2D eigenvalue weighted by Crippen LogP contribution is -2.45. The molecule has 0 saturated carbocycles. The predicted molar refractivity (Wildman–Crippen MR) is 457 cm³/mol. The number of rotatable bonds is 19. The quantitative estimate of drug-likeness (QED) is 0.125. The van der Waals surface area contributed by atoms with E-state index in [0.717, 1.165) is 160 Å². The second kappa shape index (κ2) is 48.9. The fraction of sp³-hybridized carbons (Fsp3) is 0.802. The van der Waals surface area contributed by atoms with Crippen molar-refractivity contribution in [3.05, 3.63) is 66.0 Å². The largest absolute Gasteiger partial charge is 0.445 e. The van der Waals surface area contributed by atoms with Crippen LogP contribution in [0.15, 0.2) is 54.7 Å². The molecule has 12 fully saturated rings. The first-order valence-electron chi connectivity index (χ1n) is 46.0. The van der Waals surface area contributed by atoms with Gasteiger partial charge in [0, 0.05) is 132 Å². The Balaban J connectivity index is 0.000000165. The standard InChI is InChI=1S/C21H31N3O3.C18H27N3O.C13H21F3N2O.C13H22F2N2O.C13H23FN2O.C13H25N3O/c1-23-14-10-18(11-15-23)19-8-5-13-24(19)20(25)9-12-22-21(26)27-16-17-6-3-2-4-7-17;1-20-13-9-15(10-14-20)17-6-4-12-21(17)18(22)8-7-16-5-2-3-11-19-16;1-17-7-4-10(5-8-17)11-3-2-6-18(11)12(19)9-13(14,15)16;1-3-12(18)17-9-13(14,15)8-11(17)10-4-6-16(2)7-5-10;1-3-13(17)16-9-11(14)8-12(16)10-4-6-15(2)7-5-10;1-15-9-5-11(6-10-15)12-3-2-8-16(12)13(17)4-7-14/h2-4,6-7,18-19H,5,8-16H2,1H3,(H,22,26);2-3,5,11,15,17H,4,6-10,12-14H2,1H3;10-11H,2-9H2,1H3;10-11H,3-9H2,1-2H3;10-12H,3-9H2,1-2H3;11-12H,2-10,14H2,1H3/t19-;17-;2*11-;11-,12-;12-/m000000/s1. The molecule has 678 valence electrons. The molecule has 120 heavy (non-hydrogen) atoms. The molecule has 13 heterocycles. The van der Waals surface area contributed by atoms with Crippen LogP contribution in [0.3, 0.4) is 0 Å². The number of halogens is 6. The maximum absolute atomic E-state index is 13.6. The molecule has 12 saturated heterocycles. The van der Waals surface area contributed by atoms with Crippen molar-refractivity contribution in [1.29, 1.82) is 0 Å². The second-order valence-corrected chi connectivity index (χ2v) is 36.7. The summed E-state index contributed by atoms with van der Waals surface area (Å²) in [7, 11) is 12.8. The zero-order valence-corrected chi connectivity index (χ0v) is 74.0. The summed E-state index contributed by atoms with van der Waals surface area (Å²) in [5.41, 5.74) is 7.45. The summed E-state index contributed by atoms with van der Waals surface area (Å²) in [5.74, 6) is 0.464. The number of likely N-dealkylation sites (tertiary alicyclic amines) is 12. The molecule has 7 amide bonds. The third-order valence-corrected chi connectivity index (χ3v) is 28.0. The first kappa shape index (κ1) is 97.6. The van der Waals surface area contributed by atoms with Crippen LogP contribution in [0.25, 0.3) is 0 Å². The van der Waals surface area contributed by atoms with E-state index in [2.05, 4.69) is 96.7 Å². The fourth-order valence-corrected chi connectivity index (χ4v) is 21.0. The van der Waals surface area contributed by atoms with Crippen molar-refractivity contribution in [3.63, 3.8) is 0 Å². The summed E-state index contributed by atoms with van der Waals surface area (Å²) in [6.45, 7) is 20.8. The van der Waals surface area contributed by atoms with Crippen molar-refractivity contribution >= 4 is 41.5 Å². The number of ether oxygens (including phenoxy) is 1. The first-order valence-corrected chi connectivity index (χ1v) is 46.0. The molecule has 1 aromatic heterocycles. The van der Waals surface area contributed by atoms with Crippen LogP contribution in [0.4, 0.5) is 31.1 Å². The third kappa shape index (κ3) is 30.6. The Kier molecular flexibility index (Phi) is 39.7. The van der Waals surface area contributed by atoms with Crippen molar-refractivity contribution in [2.24, 2.45) is 41.2 Å². The number of carbonyl (C=O) groups is 7. The molecule has 0 bridgehead atoms. The van der Waals surface area contributed by atoms with Gasteiger partial charge in [0.05, 0.1) is 13.1 Å². The Bertz CT molecular complexity index is 3390. The van der Waals surface area contributed by atoms with Gasteiger partial charge in [-0.05, 0) is 309 Å². The van der Waals surface area contributed by atoms with E-state index in [1.54, 1.807) is 18.0 Å². The number of alkyl carbamates (subject to hydrolysis) is 1. The number of carbonyl (C=O) groups excluding carboxylic acids is 7. The van der Waals surface area contributed by atoms with E-state index in [1.807, 2.05) is 55.5 Å².